The fourth-order valence-corrected chi connectivity index (χ4v) is 3.86. The summed E-state index contributed by atoms with van der Waals surface area (Å²) >= 11 is 1.48. The minimum absolute atomic E-state index is 0.113. The standard InChI is InChI=1S/C22H25N7OS/c1-12(2)17-11-18(29-28-17)24-21-25-19(13-3-4-13)26-22(27-21)31-16-9-7-15(8-10-16)23-20(30)14-5-6-14/h7-14H,3-6H2,1-2H3,(H,23,30)(H2,24,25,26,27,28,29). The van der Waals surface area contributed by atoms with Gasteiger partial charge in [-0.3, -0.25) is 9.89 Å². The number of anilines is 3. The predicted molar refractivity (Wildman–Crippen MR) is 120 cm³/mol. The lowest BCUT2D eigenvalue weighted by Crippen LogP contribution is -2.12. The Bertz CT molecular complexity index is 1090. The molecule has 2 heterocycles. The van der Waals surface area contributed by atoms with E-state index in [9.17, 15) is 4.79 Å². The first-order valence-corrected chi connectivity index (χ1v) is 11.5. The quantitative estimate of drug-likeness (QED) is 0.464. The molecule has 2 aliphatic carbocycles. The van der Waals surface area contributed by atoms with Crippen LogP contribution in [0.4, 0.5) is 17.5 Å². The molecular formula is C22H25N7OS. The molecular weight excluding hydrogens is 410 g/mol. The number of H-pyrrole nitrogens is 1. The topological polar surface area (TPSA) is 108 Å². The zero-order valence-electron chi connectivity index (χ0n) is 17.6. The summed E-state index contributed by atoms with van der Waals surface area (Å²) < 4.78 is 0. The molecule has 3 aromatic rings. The number of aromatic nitrogens is 5. The van der Waals surface area contributed by atoms with E-state index < -0.39 is 0 Å². The van der Waals surface area contributed by atoms with Crippen molar-refractivity contribution in [2.45, 2.75) is 61.4 Å². The zero-order chi connectivity index (χ0) is 21.4. The molecule has 5 rings (SSSR count). The molecule has 1 aromatic carbocycles. The Morgan fingerprint density at radius 1 is 1.10 bits per heavy atom. The van der Waals surface area contributed by atoms with Crippen molar-refractivity contribution in [1.82, 2.24) is 25.1 Å². The number of amides is 1. The van der Waals surface area contributed by atoms with Gasteiger partial charge in [0.15, 0.2) is 11.0 Å². The van der Waals surface area contributed by atoms with E-state index in [1.165, 1.54) is 11.8 Å². The highest BCUT2D eigenvalue weighted by molar-refractivity contribution is 7.99. The second-order valence-electron chi connectivity index (χ2n) is 8.45. The van der Waals surface area contributed by atoms with Crippen molar-refractivity contribution in [2.24, 2.45) is 5.92 Å². The van der Waals surface area contributed by atoms with Crippen LogP contribution in [0.15, 0.2) is 40.4 Å². The number of carbonyl (C=O) groups is 1. The van der Waals surface area contributed by atoms with Crippen LogP contribution in [0.5, 0.6) is 0 Å². The predicted octanol–water partition coefficient (Wildman–Crippen LogP) is 4.84. The number of benzene rings is 1. The van der Waals surface area contributed by atoms with E-state index in [4.69, 9.17) is 0 Å². The molecule has 31 heavy (non-hydrogen) atoms. The van der Waals surface area contributed by atoms with Gasteiger partial charge in [0.1, 0.15) is 5.82 Å². The van der Waals surface area contributed by atoms with Gasteiger partial charge in [-0.05, 0) is 67.6 Å². The Morgan fingerprint density at radius 2 is 1.87 bits per heavy atom. The molecule has 0 radical (unpaired) electrons. The number of carbonyl (C=O) groups excluding carboxylic acids is 1. The van der Waals surface area contributed by atoms with Gasteiger partial charge in [-0.25, -0.2) is 4.98 Å². The van der Waals surface area contributed by atoms with Crippen LogP contribution in [0.25, 0.3) is 0 Å². The Balaban J connectivity index is 1.31. The maximum Gasteiger partial charge on any atom is 0.232 e. The lowest BCUT2D eigenvalue weighted by atomic mass is 10.1. The molecule has 8 nitrogen and oxygen atoms in total. The first-order chi connectivity index (χ1) is 15.0. The van der Waals surface area contributed by atoms with Crippen molar-refractivity contribution in [3.05, 3.63) is 41.9 Å². The van der Waals surface area contributed by atoms with Crippen molar-refractivity contribution in [3.8, 4) is 0 Å². The minimum atomic E-state index is 0.113. The molecule has 1 amide bonds. The maximum absolute atomic E-state index is 11.9. The zero-order valence-corrected chi connectivity index (χ0v) is 18.4. The van der Waals surface area contributed by atoms with Crippen LogP contribution < -0.4 is 10.6 Å². The molecule has 0 saturated heterocycles. The molecule has 9 heteroatoms. The normalized spacial score (nSPS) is 15.8. The van der Waals surface area contributed by atoms with Crippen molar-refractivity contribution in [1.29, 1.82) is 0 Å². The van der Waals surface area contributed by atoms with E-state index in [-0.39, 0.29) is 11.8 Å². The molecule has 3 N–H and O–H groups in total. The summed E-state index contributed by atoms with van der Waals surface area (Å²) in [4.78, 5) is 26.8. The third kappa shape index (κ3) is 5.04. The van der Waals surface area contributed by atoms with E-state index >= 15 is 0 Å². The summed E-state index contributed by atoms with van der Waals surface area (Å²) in [5.74, 6) is 3.12. The third-order valence-corrected chi connectivity index (χ3v) is 6.19. The first kappa shape index (κ1) is 20.0. The van der Waals surface area contributed by atoms with Gasteiger partial charge in [-0.2, -0.15) is 15.1 Å². The maximum atomic E-state index is 11.9. The number of rotatable bonds is 8. The van der Waals surface area contributed by atoms with E-state index in [0.29, 0.717) is 28.8 Å². The Labute approximate surface area is 185 Å². The van der Waals surface area contributed by atoms with Crippen molar-refractivity contribution in [2.75, 3.05) is 10.6 Å². The number of nitrogens with zero attached hydrogens (tertiary/aromatic N) is 4. The van der Waals surface area contributed by atoms with Gasteiger partial charge >= 0.3 is 0 Å². The highest BCUT2D eigenvalue weighted by Gasteiger charge is 2.30. The van der Waals surface area contributed by atoms with Crippen LogP contribution in [0.3, 0.4) is 0 Å². The summed E-state index contributed by atoms with van der Waals surface area (Å²) in [6.45, 7) is 4.23. The summed E-state index contributed by atoms with van der Waals surface area (Å²) in [5, 5.41) is 14.2. The van der Waals surface area contributed by atoms with Gasteiger partial charge in [-0.15, -0.1) is 0 Å². The van der Waals surface area contributed by atoms with Crippen LogP contribution >= 0.6 is 11.8 Å². The lowest BCUT2D eigenvalue weighted by molar-refractivity contribution is -0.117. The fourth-order valence-electron chi connectivity index (χ4n) is 3.11. The van der Waals surface area contributed by atoms with Crippen molar-refractivity contribution in [3.63, 3.8) is 0 Å². The first-order valence-electron chi connectivity index (χ1n) is 10.7. The summed E-state index contributed by atoms with van der Waals surface area (Å²) in [6.07, 6.45) is 4.22. The van der Waals surface area contributed by atoms with E-state index in [0.717, 1.165) is 47.8 Å². The number of aromatic amines is 1. The molecule has 0 spiro atoms. The van der Waals surface area contributed by atoms with Crippen LogP contribution in [0.1, 0.15) is 62.9 Å². The molecule has 2 fully saturated rings. The average Bonchev–Trinajstić information content (AvgIpc) is 3.66. The average molecular weight is 436 g/mol. The Hall–Kier alpha value is -2.94. The van der Waals surface area contributed by atoms with Gasteiger partial charge in [0, 0.05) is 34.2 Å². The SMILES string of the molecule is CC(C)c1cc(Nc2nc(Sc3ccc(NC(=O)C4CC4)cc3)nc(C3CC3)n2)n[nH]1. The van der Waals surface area contributed by atoms with Crippen LogP contribution in [-0.2, 0) is 4.79 Å². The molecule has 0 aliphatic heterocycles. The second kappa shape index (κ2) is 8.30. The van der Waals surface area contributed by atoms with E-state index in [1.54, 1.807) is 0 Å². The third-order valence-electron chi connectivity index (χ3n) is 5.31. The highest BCUT2D eigenvalue weighted by atomic mass is 32.2. The van der Waals surface area contributed by atoms with Crippen molar-refractivity contribution >= 4 is 35.1 Å². The lowest BCUT2D eigenvalue weighted by Gasteiger charge is -2.08. The van der Waals surface area contributed by atoms with E-state index in [1.807, 2.05) is 30.3 Å². The summed E-state index contributed by atoms with van der Waals surface area (Å²) in [7, 11) is 0. The smallest absolute Gasteiger partial charge is 0.232 e. The molecule has 160 valence electrons. The van der Waals surface area contributed by atoms with Crippen LogP contribution in [0.2, 0.25) is 0 Å². The number of nitrogens with one attached hydrogen (secondary N) is 3. The molecule has 0 atom stereocenters. The van der Waals surface area contributed by atoms with Gasteiger partial charge < -0.3 is 10.6 Å². The second-order valence-corrected chi connectivity index (χ2v) is 9.49. The van der Waals surface area contributed by atoms with Gasteiger partial charge in [0.25, 0.3) is 0 Å². The highest BCUT2D eigenvalue weighted by Crippen LogP contribution is 2.39. The number of hydrogen-bond donors (Lipinski definition) is 3. The monoisotopic (exact) mass is 435 g/mol. The van der Waals surface area contributed by atoms with Crippen molar-refractivity contribution < 1.29 is 4.79 Å². The molecule has 2 aliphatic rings. The van der Waals surface area contributed by atoms with Gasteiger partial charge in [-0.1, -0.05) is 13.8 Å². The largest absolute Gasteiger partial charge is 0.326 e. The van der Waals surface area contributed by atoms with Crippen LogP contribution in [-0.4, -0.2) is 31.1 Å². The number of hydrogen-bond acceptors (Lipinski definition) is 7. The van der Waals surface area contributed by atoms with Gasteiger partial charge in [0.2, 0.25) is 11.9 Å². The summed E-state index contributed by atoms with van der Waals surface area (Å²) in [6, 6.07) is 9.77. The Kier molecular flexibility index (Phi) is 5.35. The molecule has 2 saturated carbocycles. The minimum Gasteiger partial charge on any atom is -0.326 e. The fraction of sp³-hybridized carbons (Fsp3) is 0.409. The summed E-state index contributed by atoms with van der Waals surface area (Å²) in [5.41, 5.74) is 1.87. The molecule has 2 aromatic heterocycles. The van der Waals surface area contributed by atoms with E-state index in [2.05, 4.69) is 49.6 Å². The van der Waals surface area contributed by atoms with Crippen LogP contribution in [0, 0.1) is 5.92 Å². The molecule has 0 unspecified atom stereocenters. The molecule has 0 bridgehead atoms. The van der Waals surface area contributed by atoms with Gasteiger partial charge in [0.05, 0.1) is 0 Å². The Morgan fingerprint density at radius 3 is 2.52 bits per heavy atom.